The first kappa shape index (κ1) is 19.8. The topological polar surface area (TPSA) is 105 Å². The van der Waals surface area contributed by atoms with E-state index in [0.717, 1.165) is 16.8 Å². The van der Waals surface area contributed by atoms with Crippen LogP contribution in [0, 0.1) is 12.7 Å². The van der Waals surface area contributed by atoms with Crippen LogP contribution in [-0.4, -0.2) is 27.7 Å². The normalized spacial score (nSPS) is 12.8. The number of rotatable bonds is 4. The minimum atomic E-state index is -0.496. The molecular formula is C21H23FN6O2. The molecule has 1 amide bonds. The van der Waals surface area contributed by atoms with Gasteiger partial charge in [-0.1, -0.05) is 25.9 Å². The number of hydrogen-bond acceptors (Lipinski definition) is 7. The fraction of sp³-hybridized carbons (Fsp3) is 0.333. The Kier molecular flexibility index (Phi) is 4.89. The number of aromatic nitrogens is 3. The van der Waals surface area contributed by atoms with E-state index in [2.05, 4.69) is 31.1 Å². The summed E-state index contributed by atoms with van der Waals surface area (Å²) in [5, 5.41) is 12.8. The molecule has 0 unspecified atom stereocenters. The third-order valence-corrected chi connectivity index (χ3v) is 4.92. The molecule has 1 aromatic carbocycles. The molecule has 0 atom stereocenters. The number of pyridine rings is 1. The summed E-state index contributed by atoms with van der Waals surface area (Å²) in [7, 11) is 0. The third-order valence-electron chi connectivity index (χ3n) is 4.92. The number of benzene rings is 1. The van der Waals surface area contributed by atoms with Crippen LogP contribution in [0.2, 0.25) is 0 Å². The summed E-state index contributed by atoms with van der Waals surface area (Å²) in [6, 6.07) is 4.99. The van der Waals surface area contributed by atoms with Gasteiger partial charge < -0.3 is 20.5 Å². The predicted molar refractivity (Wildman–Crippen MR) is 111 cm³/mol. The van der Waals surface area contributed by atoms with Crippen LogP contribution in [0.5, 0.6) is 0 Å². The fourth-order valence-corrected chi connectivity index (χ4v) is 3.21. The number of nitrogens with one attached hydrogen (secondary N) is 3. The van der Waals surface area contributed by atoms with Gasteiger partial charge >= 0.3 is 11.8 Å². The number of halogens is 1. The van der Waals surface area contributed by atoms with Crippen LogP contribution < -0.4 is 16.0 Å². The molecule has 3 N–H and O–H groups in total. The maximum Gasteiger partial charge on any atom is 0.315 e. The number of carbonyl (C=O) groups is 1. The molecule has 0 aliphatic carbocycles. The van der Waals surface area contributed by atoms with Crippen molar-refractivity contribution < 1.29 is 13.7 Å². The lowest BCUT2D eigenvalue weighted by molar-refractivity contribution is 0.0907. The van der Waals surface area contributed by atoms with E-state index >= 15 is 0 Å². The van der Waals surface area contributed by atoms with Crippen LogP contribution in [0.15, 0.2) is 28.9 Å². The molecule has 4 rings (SSSR count). The highest BCUT2D eigenvalue weighted by atomic mass is 19.1. The van der Waals surface area contributed by atoms with Crippen molar-refractivity contribution in [2.45, 2.75) is 39.7 Å². The number of fused-ring (bicyclic) bond motifs is 1. The van der Waals surface area contributed by atoms with Gasteiger partial charge in [-0.3, -0.25) is 4.79 Å². The SMILES string of the molecule is Cc1cc(-c2ccnc3c2NCN3)c(F)cc1CNC(=O)c1nc(C(C)(C)C)no1. The largest absolute Gasteiger partial charge is 0.364 e. The van der Waals surface area contributed by atoms with Gasteiger partial charge in [0.15, 0.2) is 11.6 Å². The Labute approximate surface area is 173 Å². The molecule has 2 aromatic heterocycles. The van der Waals surface area contributed by atoms with Gasteiger partial charge in [-0.25, -0.2) is 9.37 Å². The summed E-state index contributed by atoms with van der Waals surface area (Å²) in [4.78, 5) is 20.7. The van der Waals surface area contributed by atoms with Gasteiger partial charge in [-0.05, 0) is 36.2 Å². The van der Waals surface area contributed by atoms with E-state index in [1.807, 2.05) is 27.7 Å². The van der Waals surface area contributed by atoms with Gasteiger partial charge in [0, 0.05) is 29.3 Å². The van der Waals surface area contributed by atoms with E-state index < -0.39 is 5.91 Å². The zero-order valence-corrected chi connectivity index (χ0v) is 17.3. The van der Waals surface area contributed by atoms with Gasteiger partial charge in [0.25, 0.3) is 0 Å². The molecule has 9 heteroatoms. The maximum atomic E-state index is 14.9. The van der Waals surface area contributed by atoms with Crippen molar-refractivity contribution in [3.63, 3.8) is 0 Å². The molecule has 1 aliphatic heterocycles. The van der Waals surface area contributed by atoms with E-state index in [9.17, 15) is 9.18 Å². The zero-order chi connectivity index (χ0) is 21.5. The monoisotopic (exact) mass is 410 g/mol. The lowest BCUT2D eigenvalue weighted by Crippen LogP contribution is -2.24. The van der Waals surface area contributed by atoms with Gasteiger partial charge in [0.2, 0.25) is 0 Å². The standard InChI is InChI=1S/C21H23FN6O2/c1-11-7-14(13-5-6-23-17-16(13)25-10-26-17)15(22)8-12(11)9-24-18(29)19-27-20(28-30-19)21(2,3)4/h5-8,25H,9-10H2,1-4H3,(H,23,26)(H,24,29). The van der Waals surface area contributed by atoms with Crippen molar-refractivity contribution in [1.29, 1.82) is 0 Å². The summed E-state index contributed by atoms with van der Waals surface area (Å²) in [6.45, 7) is 8.35. The molecule has 0 spiro atoms. The van der Waals surface area contributed by atoms with Crippen LogP contribution in [-0.2, 0) is 12.0 Å². The van der Waals surface area contributed by atoms with Gasteiger partial charge in [-0.15, -0.1) is 0 Å². The number of anilines is 2. The molecule has 156 valence electrons. The molecule has 3 aromatic rings. The van der Waals surface area contributed by atoms with Crippen molar-refractivity contribution in [1.82, 2.24) is 20.4 Å². The second-order valence-electron chi connectivity index (χ2n) is 8.23. The van der Waals surface area contributed by atoms with E-state index in [4.69, 9.17) is 4.52 Å². The maximum absolute atomic E-state index is 14.9. The zero-order valence-electron chi connectivity index (χ0n) is 17.3. The van der Waals surface area contributed by atoms with Crippen LogP contribution >= 0.6 is 0 Å². The summed E-state index contributed by atoms with van der Waals surface area (Å²) in [5.74, 6) is 0.173. The highest BCUT2D eigenvalue weighted by Gasteiger charge is 2.24. The van der Waals surface area contributed by atoms with Gasteiger partial charge in [-0.2, -0.15) is 4.98 Å². The van der Waals surface area contributed by atoms with E-state index in [0.29, 0.717) is 29.4 Å². The molecule has 0 saturated heterocycles. The van der Waals surface area contributed by atoms with Crippen molar-refractivity contribution in [2.75, 3.05) is 17.3 Å². The Bertz CT molecular complexity index is 1120. The summed E-state index contributed by atoms with van der Waals surface area (Å²) in [6.07, 6.45) is 1.65. The lowest BCUT2D eigenvalue weighted by Gasteiger charge is -2.13. The Morgan fingerprint density at radius 2 is 2.07 bits per heavy atom. The van der Waals surface area contributed by atoms with Crippen molar-refractivity contribution in [3.8, 4) is 11.1 Å². The van der Waals surface area contributed by atoms with Crippen molar-refractivity contribution in [2.24, 2.45) is 0 Å². The number of amides is 1. The van der Waals surface area contributed by atoms with Crippen molar-refractivity contribution >= 4 is 17.4 Å². The molecule has 0 saturated carbocycles. The average Bonchev–Trinajstić information content (AvgIpc) is 3.37. The highest BCUT2D eigenvalue weighted by Crippen LogP contribution is 2.37. The van der Waals surface area contributed by atoms with E-state index in [-0.39, 0.29) is 23.7 Å². The van der Waals surface area contributed by atoms with Crippen LogP contribution in [0.1, 0.15) is 48.4 Å². The van der Waals surface area contributed by atoms with Gasteiger partial charge in [0.1, 0.15) is 5.82 Å². The number of carbonyl (C=O) groups excluding carboxylic acids is 1. The summed E-state index contributed by atoms with van der Waals surface area (Å²) in [5.41, 5.74) is 3.18. The highest BCUT2D eigenvalue weighted by molar-refractivity contribution is 5.89. The van der Waals surface area contributed by atoms with Crippen molar-refractivity contribution in [3.05, 3.63) is 53.1 Å². The molecule has 1 aliphatic rings. The molecule has 3 heterocycles. The minimum absolute atomic E-state index is 0.111. The predicted octanol–water partition coefficient (Wildman–Crippen LogP) is 3.60. The minimum Gasteiger partial charge on any atom is -0.364 e. The lowest BCUT2D eigenvalue weighted by atomic mass is 9.96. The quantitative estimate of drug-likeness (QED) is 0.603. The second-order valence-corrected chi connectivity index (χ2v) is 8.23. The average molecular weight is 410 g/mol. The third kappa shape index (κ3) is 3.70. The summed E-state index contributed by atoms with van der Waals surface area (Å²) >= 11 is 0. The van der Waals surface area contributed by atoms with Crippen LogP contribution in [0.4, 0.5) is 15.9 Å². The first-order chi connectivity index (χ1) is 14.2. The van der Waals surface area contributed by atoms with Gasteiger partial charge in [0.05, 0.1) is 12.4 Å². The van der Waals surface area contributed by atoms with Crippen LogP contribution in [0.25, 0.3) is 11.1 Å². The Morgan fingerprint density at radius 3 is 2.80 bits per heavy atom. The Morgan fingerprint density at radius 1 is 1.27 bits per heavy atom. The first-order valence-electron chi connectivity index (χ1n) is 9.62. The molecule has 0 bridgehead atoms. The van der Waals surface area contributed by atoms with E-state index in [1.165, 1.54) is 6.07 Å². The Hall–Kier alpha value is -3.49. The van der Waals surface area contributed by atoms with Crippen LogP contribution in [0.3, 0.4) is 0 Å². The summed E-state index contributed by atoms with van der Waals surface area (Å²) < 4.78 is 20.0. The number of aryl methyl sites for hydroxylation is 1. The smallest absolute Gasteiger partial charge is 0.315 e. The molecule has 0 fully saturated rings. The fourth-order valence-electron chi connectivity index (χ4n) is 3.21. The van der Waals surface area contributed by atoms with E-state index in [1.54, 1.807) is 18.3 Å². The Balaban J connectivity index is 1.53. The number of nitrogens with zero attached hydrogens (tertiary/aromatic N) is 3. The first-order valence-corrected chi connectivity index (χ1v) is 9.62. The molecular weight excluding hydrogens is 387 g/mol. The second kappa shape index (κ2) is 7.40. The molecule has 8 nitrogen and oxygen atoms in total. The molecule has 0 radical (unpaired) electrons. The number of hydrogen-bond donors (Lipinski definition) is 3. The molecule has 30 heavy (non-hydrogen) atoms.